The predicted octanol–water partition coefficient (Wildman–Crippen LogP) is 2.47. The maximum Gasteiger partial charge on any atom is 0.252 e. The van der Waals surface area contributed by atoms with Crippen molar-refractivity contribution in [1.82, 2.24) is 24.5 Å². The summed E-state index contributed by atoms with van der Waals surface area (Å²) < 4.78 is 1.63. The van der Waals surface area contributed by atoms with E-state index >= 15 is 0 Å². The van der Waals surface area contributed by atoms with Gasteiger partial charge in [-0.15, -0.1) is 5.10 Å². The first-order chi connectivity index (χ1) is 13.9. The third-order valence-corrected chi connectivity index (χ3v) is 4.57. The minimum atomic E-state index is -0.225. The standard InChI is InChI=1S/C21H26N6O2/c1-5-10-26(13-19(28)23-17-9-7-6-8-14(17)2)20(29)12-18-24-21-22-15(3)11-16(4)27(21)25-18/h6-9,11H,5,10,12-13H2,1-4H3,(H,23,28). The number of anilines is 1. The molecule has 3 aromatic rings. The highest BCUT2D eigenvalue weighted by Crippen LogP contribution is 2.13. The number of aromatic nitrogens is 4. The molecule has 8 nitrogen and oxygen atoms in total. The number of carbonyl (C=O) groups excluding carboxylic acids is 2. The third-order valence-electron chi connectivity index (χ3n) is 4.57. The quantitative estimate of drug-likeness (QED) is 0.665. The number of nitrogens with one attached hydrogen (secondary N) is 1. The van der Waals surface area contributed by atoms with Crippen molar-refractivity contribution in [3.63, 3.8) is 0 Å². The van der Waals surface area contributed by atoms with Crippen molar-refractivity contribution in [3.8, 4) is 0 Å². The Morgan fingerprint density at radius 2 is 1.90 bits per heavy atom. The number of hydrogen-bond donors (Lipinski definition) is 1. The molecule has 152 valence electrons. The number of para-hydroxylation sites is 1. The molecule has 0 aliphatic carbocycles. The molecule has 0 fully saturated rings. The summed E-state index contributed by atoms with van der Waals surface area (Å²) in [5.41, 5.74) is 3.48. The van der Waals surface area contributed by atoms with Crippen LogP contribution in [0.15, 0.2) is 30.3 Å². The molecule has 29 heavy (non-hydrogen) atoms. The maximum absolute atomic E-state index is 12.8. The van der Waals surface area contributed by atoms with Crippen LogP contribution in [0.2, 0.25) is 0 Å². The lowest BCUT2D eigenvalue weighted by molar-refractivity contribution is -0.134. The van der Waals surface area contributed by atoms with Gasteiger partial charge in [0.1, 0.15) is 0 Å². The summed E-state index contributed by atoms with van der Waals surface area (Å²) in [4.78, 5) is 35.6. The number of benzene rings is 1. The Balaban J connectivity index is 1.70. The Hall–Kier alpha value is -3.29. The van der Waals surface area contributed by atoms with E-state index in [4.69, 9.17) is 0 Å². The lowest BCUT2D eigenvalue weighted by Gasteiger charge is -2.21. The molecule has 0 atom stereocenters. The van der Waals surface area contributed by atoms with Crippen molar-refractivity contribution < 1.29 is 9.59 Å². The van der Waals surface area contributed by atoms with Crippen LogP contribution in [-0.2, 0) is 16.0 Å². The van der Waals surface area contributed by atoms with E-state index in [2.05, 4.69) is 20.4 Å². The minimum Gasteiger partial charge on any atom is -0.333 e. The number of nitrogens with zero attached hydrogens (tertiary/aromatic N) is 5. The average Bonchev–Trinajstić information content (AvgIpc) is 3.06. The van der Waals surface area contributed by atoms with Gasteiger partial charge < -0.3 is 10.2 Å². The van der Waals surface area contributed by atoms with Crippen LogP contribution in [0.5, 0.6) is 0 Å². The van der Waals surface area contributed by atoms with E-state index in [1.165, 1.54) is 0 Å². The van der Waals surface area contributed by atoms with Crippen molar-refractivity contribution in [1.29, 1.82) is 0 Å². The molecule has 2 aromatic heterocycles. The Morgan fingerprint density at radius 1 is 1.14 bits per heavy atom. The van der Waals surface area contributed by atoms with Gasteiger partial charge in [0.25, 0.3) is 5.78 Å². The van der Waals surface area contributed by atoms with Gasteiger partial charge in [-0.25, -0.2) is 9.50 Å². The number of aryl methyl sites for hydroxylation is 3. The zero-order chi connectivity index (χ0) is 21.0. The van der Waals surface area contributed by atoms with Gasteiger partial charge in [-0.3, -0.25) is 9.59 Å². The summed E-state index contributed by atoms with van der Waals surface area (Å²) in [5, 5.41) is 7.26. The van der Waals surface area contributed by atoms with Gasteiger partial charge in [0.15, 0.2) is 5.82 Å². The lowest BCUT2D eigenvalue weighted by atomic mass is 10.2. The molecule has 2 heterocycles. The molecular weight excluding hydrogens is 368 g/mol. The van der Waals surface area contributed by atoms with Crippen LogP contribution >= 0.6 is 0 Å². The molecule has 3 rings (SSSR count). The number of carbonyl (C=O) groups is 2. The third kappa shape index (κ3) is 4.96. The SMILES string of the molecule is CCCN(CC(=O)Nc1ccccc1C)C(=O)Cc1nc2nc(C)cc(C)n2n1. The molecule has 0 radical (unpaired) electrons. The largest absolute Gasteiger partial charge is 0.333 e. The van der Waals surface area contributed by atoms with E-state index in [1.54, 1.807) is 9.42 Å². The van der Waals surface area contributed by atoms with Crippen LogP contribution in [0.3, 0.4) is 0 Å². The van der Waals surface area contributed by atoms with Crippen molar-refractivity contribution >= 4 is 23.3 Å². The van der Waals surface area contributed by atoms with Gasteiger partial charge in [-0.2, -0.15) is 4.98 Å². The highest BCUT2D eigenvalue weighted by atomic mass is 16.2. The van der Waals surface area contributed by atoms with E-state index in [1.807, 2.05) is 58.0 Å². The zero-order valence-corrected chi connectivity index (χ0v) is 17.3. The summed E-state index contributed by atoms with van der Waals surface area (Å²) in [7, 11) is 0. The van der Waals surface area contributed by atoms with E-state index in [9.17, 15) is 9.59 Å². The summed E-state index contributed by atoms with van der Waals surface area (Å²) in [6.07, 6.45) is 0.779. The summed E-state index contributed by atoms with van der Waals surface area (Å²) in [5.74, 6) is 0.468. The van der Waals surface area contributed by atoms with E-state index < -0.39 is 0 Å². The van der Waals surface area contributed by atoms with Gasteiger partial charge in [-0.05, 0) is 44.9 Å². The summed E-state index contributed by atoms with van der Waals surface area (Å²) in [6, 6.07) is 9.46. The van der Waals surface area contributed by atoms with Gasteiger partial charge in [0.2, 0.25) is 11.8 Å². The fourth-order valence-corrected chi connectivity index (χ4v) is 3.17. The molecule has 1 aromatic carbocycles. The minimum absolute atomic E-state index is 0.00916. The molecule has 8 heteroatoms. The number of amides is 2. The second kappa shape index (κ2) is 8.81. The fraction of sp³-hybridized carbons (Fsp3) is 0.381. The van der Waals surface area contributed by atoms with E-state index in [0.717, 1.165) is 29.1 Å². The molecule has 0 bridgehead atoms. The number of fused-ring (bicyclic) bond motifs is 1. The molecule has 0 aliphatic heterocycles. The van der Waals surface area contributed by atoms with Gasteiger partial charge >= 0.3 is 0 Å². The van der Waals surface area contributed by atoms with Gasteiger partial charge in [0.05, 0.1) is 13.0 Å². The van der Waals surface area contributed by atoms with Gasteiger partial charge in [0, 0.05) is 23.6 Å². The predicted molar refractivity (Wildman–Crippen MR) is 111 cm³/mol. The van der Waals surface area contributed by atoms with Crippen LogP contribution in [0, 0.1) is 20.8 Å². The Bertz CT molecular complexity index is 1040. The van der Waals surface area contributed by atoms with Crippen molar-refractivity contribution in [2.24, 2.45) is 0 Å². The van der Waals surface area contributed by atoms with Crippen LogP contribution < -0.4 is 5.32 Å². The first-order valence-corrected chi connectivity index (χ1v) is 9.70. The highest BCUT2D eigenvalue weighted by molar-refractivity contribution is 5.95. The number of hydrogen-bond acceptors (Lipinski definition) is 5. The molecule has 2 amide bonds. The second-order valence-corrected chi connectivity index (χ2v) is 7.13. The van der Waals surface area contributed by atoms with Crippen LogP contribution in [0.25, 0.3) is 5.78 Å². The number of rotatable bonds is 7. The topological polar surface area (TPSA) is 92.5 Å². The highest BCUT2D eigenvalue weighted by Gasteiger charge is 2.20. The fourth-order valence-electron chi connectivity index (χ4n) is 3.17. The molecule has 1 N–H and O–H groups in total. The molecule has 0 unspecified atom stereocenters. The van der Waals surface area contributed by atoms with E-state index in [-0.39, 0.29) is 24.8 Å². The molecule has 0 saturated heterocycles. The second-order valence-electron chi connectivity index (χ2n) is 7.13. The monoisotopic (exact) mass is 394 g/mol. The summed E-state index contributed by atoms with van der Waals surface area (Å²) >= 11 is 0. The molecular formula is C21H26N6O2. The van der Waals surface area contributed by atoms with Crippen LogP contribution in [0.4, 0.5) is 5.69 Å². The molecule has 0 spiro atoms. The summed E-state index contributed by atoms with van der Waals surface area (Å²) in [6.45, 7) is 8.19. The Kier molecular flexibility index (Phi) is 6.21. The first kappa shape index (κ1) is 20.4. The maximum atomic E-state index is 12.8. The average molecular weight is 394 g/mol. The van der Waals surface area contributed by atoms with Crippen molar-refractivity contribution in [2.45, 2.75) is 40.5 Å². The molecule has 0 saturated carbocycles. The lowest BCUT2D eigenvalue weighted by Crippen LogP contribution is -2.39. The molecule has 0 aliphatic rings. The smallest absolute Gasteiger partial charge is 0.252 e. The zero-order valence-electron chi connectivity index (χ0n) is 17.3. The van der Waals surface area contributed by atoms with Crippen molar-refractivity contribution in [2.75, 3.05) is 18.4 Å². The van der Waals surface area contributed by atoms with Crippen molar-refractivity contribution in [3.05, 3.63) is 53.1 Å². The van der Waals surface area contributed by atoms with Gasteiger partial charge in [-0.1, -0.05) is 25.1 Å². The Labute approximate surface area is 170 Å². The normalized spacial score (nSPS) is 10.9. The van der Waals surface area contributed by atoms with E-state index in [0.29, 0.717) is 18.1 Å². The Morgan fingerprint density at radius 3 is 2.62 bits per heavy atom. The van der Waals surface area contributed by atoms with Crippen LogP contribution in [-0.4, -0.2) is 49.4 Å². The van der Waals surface area contributed by atoms with Crippen LogP contribution in [0.1, 0.15) is 36.1 Å². The first-order valence-electron chi connectivity index (χ1n) is 9.70.